The Morgan fingerprint density at radius 2 is 1.86 bits per heavy atom. The molecule has 0 aliphatic carbocycles. The lowest BCUT2D eigenvalue weighted by molar-refractivity contribution is 0.576. The molecular formula is C19H24ClN. The smallest absolute Gasteiger partial charge is 0.0406 e. The molecule has 0 aliphatic rings. The van der Waals surface area contributed by atoms with Crippen molar-refractivity contribution in [3.05, 3.63) is 70.2 Å². The van der Waals surface area contributed by atoms with Gasteiger partial charge in [-0.25, -0.2) is 0 Å². The number of halogens is 1. The van der Waals surface area contributed by atoms with Crippen molar-refractivity contribution in [1.29, 1.82) is 0 Å². The van der Waals surface area contributed by atoms with Gasteiger partial charge in [-0.05, 0) is 49.6 Å². The van der Waals surface area contributed by atoms with Crippen LogP contribution in [-0.2, 0) is 6.42 Å². The highest BCUT2D eigenvalue weighted by molar-refractivity contribution is 6.30. The number of nitrogens with one attached hydrogen (secondary N) is 1. The van der Waals surface area contributed by atoms with Crippen LogP contribution in [0.3, 0.4) is 0 Å². The van der Waals surface area contributed by atoms with Crippen molar-refractivity contribution in [3.63, 3.8) is 0 Å². The van der Waals surface area contributed by atoms with E-state index in [1.54, 1.807) is 0 Å². The fraction of sp³-hybridized carbons (Fsp3) is 0.368. The van der Waals surface area contributed by atoms with Gasteiger partial charge in [0.1, 0.15) is 0 Å². The molecule has 1 unspecified atom stereocenters. The summed E-state index contributed by atoms with van der Waals surface area (Å²) in [4.78, 5) is 0. The minimum absolute atomic E-state index is 0.498. The predicted octanol–water partition coefficient (Wildman–Crippen LogP) is 4.97. The van der Waals surface area contributed by atoms with Crippen molar-refractivity contribution < 1.29 is 0 Å². The Kier molecular flexibility index (Phi) is 6.28. The van der Waals surface area contributed by atoms with Crippen molar-refractivity contribution in [2.24, 2.45) is 0 Å². The first-order valence-corrected chi connectivity index (χ1v) is 8.08. The Balaban J connectivity index is 2.13. The average Bonchev–Trinajstić information content (AvgIpc) is 2.48. The number of aryl methyl sites for hydroxylation is 1. The topological polar surface area (TPSA) is 12.0 Å². The third-order valence-corrected chi connectivity index (χ3v) is 3.98. The molecule has 0 heterocycles. The quantitative estimate of drug-likeness (QED) is 0.712. The van der Waals surface area contributed by atoms with Crippen molar-refractivity contribution >= 4 is 11.6 Å². The molecule has 1 N–H and O–H groups in total. The fourth-order valence-corrected chi connectivity index (χ4v) is 2.72. The average molecular weight is 302 g/mol. The van der Waals surface area contributed by atoms with Crippen molar-refractivity contribution in [2.75, 3.05) is 13.1 Å². The summed E-state index contributed by atoms with van der Waals surface area (Å²) in [5.41, 5.74) is 4.07. The van der Waals surface area contributed by atoms with Crippen LogP contribution < -0.4 is 5.32 Å². The maximum atomic E-state index is 5.98. The summed E-state index contributed by atoms with van der Waals surface area (Å²) in [6.07, 6.45) is 2.21. The third-order valence-electron chi connectivity index (χ3n) is 3.73. The SMILES string of the molecule is CCCNCC(Cc1ccc(Cl)cc1)c1cccc(C)c1. The van der Waals surface area contributed by atoms with Crippen LogP contribution in [-0.4, -0.2) is 13.1 Å². The molecule has 0 saturated heterocycles. The zero-order valence-corrected chi connectivity index (χ0v) is 13.7. The van der Waals surface area contributed by atoms with E-state index >= 15 is 0 Å². The largest absolute Gasteiger partial charge is 0.316 e. The van der Waals surface area contributed by atoms with Gasteiger partial charge in [0.05, 0.1) is 0 Å². The molecule has 0 aliphatic heterocycles. The molecule has 0 radical (unpaired) electrons. The lowest BCUT2D eigenvalue weighted by Gasteiger charge is -2.19. The van der Waals surface area contributed by atoms with E-state index in [2.05, 4.69) is 55.6 Å². The number of hydrogen-bond acceptors (Lipinski definition) is 1. The highest BCUT2D eigenvalue weighted by Crippen LogP contribution is 2.22. The molecule has 1 atom stereocenters. The Morgan fingerprint density at radius 1 is 1.10 bits per heavy atom. The summed E-state index contributed by atoms with van der Waals surface area (Å²) in [5.74, 6) is 0.498. The molecule has 2 rings (SSSR count). The van der Waals surface area contributed by atoms with Crippen LogP contribution in [0, 0.1) is 6.92 Å². The molecule has 2 aromatic carbocycles. The van der Waals surface area contributed by atoms with Crippen LogP contribution >= 0.6 is 11.6 Å². The summed E-state index contributed by atoms with van der Waals surface area (Å²) in [6.45, 7) is 6.44. The van der Waals surface area contributed by atoms with Crippen LogP contribution in [0.5, 0.6) is 0 Å². The highest BCUT2D eigenvalue weighted by Gasteiger charge is 2.12. The summed E-state index contributed by atoms with van der Waals surface area (Å²) >= 11 is 5.98. The molecule has 1 nitrogen and oxygen atoms in total. The van der Waals surface area contributed by atoms with E-state index < -0.39 is 0 Å². The van der Waals surface area contributed by atoms with Crippen LogP contribution in [0.4, 0.5) is 0 Å². The lowest BCUT2D eigenvalue weighted by atomic mass is 9.91. The number of hydrogen-bond donors (Lipinski definition) is 1. The second-order valence-corrected chi connectivity index (χ2v) is 6.08. The number of benzene rings is 2. The van der Waals surface area contributed by atoms with Crippen molar-refractivity contribution in [2.45, 2.75) is 32.6 Å². The molecule has 21 heavy (non-hydrogen) atoms. The normalized spacial score (nSPS) is 12.3. The second kappa shape index (κ2) is 8.21. The van der Waals surface area contributed by atoms with Gasteiger partial charge in [0.25, 0.3) is 0 Å². The van der Waals surface area contributed by atoms with Crippen molar-refractivity contribution in [3.8, 4) is 0 Å². The van der Waals surface area contributed by atoms with E-state index in [1.165, 1.54) is 23.1 Å². The maximum absolute atomic E-state index is 5.98. The molecule has 112 valence electrons. The zero-order chi connectivity index (χ0) is 15.1. The van der Waals surface area contributed by atoms with Gasteiger partial charge in [0.15, 0.2) is 0 Å². The van der Waals surface area contributed by atoms with E-state index in [9.17, 15) is 0 Å². The molecule has 0 bridgehead atoms. The van der Waals surface area contributed by atoms with Gasteiger partial charge in [-0.15, -0.1) is 0 Å². The molecule has 0 amide bonds. The summed E-state index contributed by atoms with van der Waals surface area (Å²) < 4.78 is 0. The highest BCUT2D eigenvalue weighted by atomic mass is 35.5. The molecule has 2 aromatic rings. The van der Waals surface area contributed by atoms with Gasteiger partial charge in [0.2, 0.25) is 0 Å². The van der Waals surface area contributed by atoms with E-state index in [4.69, 9.17) is 11.6 Å². The summed E-state index contributed by atoms with van der Waals surface area (Å²) in [6, 6.07) is 17.1. The molecule has 2 heteroatoms. The van der Waals surface area contributed by atoms with E-state index in [-0.39, 0.29) is 0 Å². The standard InChI is InChI=1S/C19H24ClN/c1-3-11-21-14-18(17-6-4-5-15(2)12-17)13-16-7-9-19(20)10-8-16/h4-10,12,18,21H,3,11,13-14H2,1-2H3. The predicted molar refractivity (Wildman–Crippen MR) is 92.2 cm³/mol. The first kappa shape index (κ1) is 16.1. The fourth-order valence-electron chi connectivity index (χ4n) is 2.59. The molecule has 0 spiro atoms. The monoisotopic (exact) mass is 301 g/mol. The van der Waals surface area contributed by atoms with Gasteiger partial charge in [0, 0.05) is 17.5 Å². The Bertz CT molecular complexity index is 548. The van der Waals surface area contributed by atoms with E-state index in [0.717, 1.165) is 24.5 Å². The third kappa shape index (κ3) is 5.18. The van der Waals surface area contributed by atoms with Gasteiger partial charge in [-0.1, -0.05) is 60.5 Å². The van der Waals surface area contributed by atoms with Gasteiger partial charge in [-0.2, -0.15) is 0 Å². The summed E-state index contributed by atoms with van der Waals surface area (Å²) in [5, 5.41) is 4.36. The van der Waals surface area contributed by atoms with Gasteiger partial charge >= 0.3 is 0 Å². The van der Waals surface area contributed by atoms with Crippen LogP contribution in [0.1, 0.15) is 36.0 Å². The number of rotatable bonds is 7. The van der Waals surface area contributed by atoms with Crippen LogP contribution in [0.15, 0.2) is 48.5 Å². The second-order valence-electron chi connectivity index (χ2n) is 5.65. The molecule has 0 fully saturated rings. The van der Waals surface area contributed by atoms with Crippen molar-refractivity contribution in [1.82, 2.24) is 5.32 Å². The van der Waals surface area contributed by atoms with E-state index in [1.807, 2.05) is 12.1 Å². The molecule has 0 saturated carbocycles. The Morgan fingerprint density at radius 3 is 2.52 bits per heavy atom. The lowest BCUT2D eigenvalue weighted by Crippen LogP contribution is -2.23. The van der Waals surface area contributed by atoms with Gasteiger partial charge < -0.3 is 5.32 Å². The minimum atomic E-state index is 0.498. The molecule has 0 aromatic heterocycles. The minimum Gasteiger partial charge on any atom is -0.316 e. The first-order chi connectivity index (χ1) is 10.2. The Labute approximate surface area is 133 Å². The van der Waals surface area contributed by atoms with Crippen LogP contribution in [0.2, 0.25) is 5.02 Å². The maximum Gasteiger partial charge on any atom is 0.0406 e. The van der Waals surface area contributed by atoms with Gasteiger partial charge in [-0.3, -0.25) is 0 Å². The Hall–Kier alpha value is -1.31. The van der Waals surface area contributed by atoms with E-state index in [0.29, 0.717) is 5.92 Å². The summed E-state index contributed by atoms with van der Waals surface area (Å²) in [7, 11) is 0. The molecular weight excluding hydrogens is 278 g/mol. The first-order valence-electron chi connectivity index (χ1n) is 7.70. The zero-order valence-electron chi connectivity index (χ0n) is 12.9. The van der Waals surface area contributed by atoms with Crippen LogP contribution in [0.25, 0.3) is 0 Å².